The van der Waals surface area contributed by atoms with Gasteiger partial charge in [-0.05, 0) is 19.1 Å². The Morgan fingerprint density at radius 1 is 1.41 bits per heavy atom. The van der Waals surface area contributed by atoms with Crippen molar-refractivity contribution >= 4 is 5.91 Å². The van der Waals surface area contributed by atoms with Gasteiger partial charge in [0.1, 0.15) is 11.5 Å². The van der Waals surface area contributed by atoms with Crippen LogP contribution in [-0.4, -0.2) is 37.9 Å². The van der Waals surface area contributed by atoms with Gasteiger partial charge in [-0.1, -0.05) is 0 Å². The van der Waals surface area contributed by atoms with Crippen molar-refractivity contribution in [3.8, 4) is 11.5 Å². The minimum absolute atomic E-state index is 0.202. The number of rotatable bonds is 5. The molecule has 1 amide bonds. The van der Waals surface area contributed by atoms with E-state index in [1.165, 1.54) is 7.11 Å². The van der Waals surface area contributed by atoms with Gasteiger partial charge in [0.15, 0.2) is 0 Å². The summed E-state index contributed by atoms with van der Waals surface area (Å²) < 4.78 is 10.2. The molecule has 0 aliphatic heterocycles. The second-order valence-corrected chi connectivity index (χ2v) is 3.63. The van der Waals surface area contributed by atoms with E-state index in [0.29, 0.717) is 17.1 Å². The number of aliphatic hydroxyl groups is 1. The van der Waals surface area contributed by atoms with Crippen LogP contribution >= 0.6 is 0 Å². The van der Waals surface area contributed by atoms with E-state index in [9.17, 15) is 4.79 Å². The lowest BCUT2D eigenvalue weighted by Crippen LogP contribution is -2.30. The van der Waals surface area contributed by atoms with E-state index in [2.05, 4.69) is 5.32 Å². The number of aliphatic hydroxyl groups excluding tert-OH is 1. The molecule has 0 bridgehead atoms. The van der Waals surface area contributed by atoms with Crippen molar-refractivity contribution in [2.45, 2.75) is 13.0 Å². The second kappa shape index (κ2) is 6.10. The first-order chi connectivity index (χ1) is 8.08. The van der Waals surface area contributed by atoms with Crippen LogP contribution in [0.4, 0.5) is 0 Å². The molecule has 0 saturated carbocycles. The number of hydrogen-bond donors (Lipinski definition) is 2. The number of carbonyl (C=O) groups excluding carboxylic acids is 1. The zero-order valence-corrected chi connectivity index (χ0v) is 10.2. The average Bonchev–Trinajstić information content (AvgIpc) is 2.34. The Kier molecular flexibility index (Phi) is 4.78. The summed E-state index contributed by atoms with van der Waals surface area (Å²) in [5.74, 6) is 0.770. The van der Waals surface area contributed by atoms with Crippen molar-refractivity contribution in [3.63, 3.8) is 0 Å². The predicted octanol–water partition coefficient (Wildman–Crippen LogP) is 0.814. The smallest absolute Gasteiger partial charge is 0.255 e. The molecule has 0 aliphatic rings. The fourth-order valence-electron chi connectivity index (χ4n) is 1.32. The second-order valence-electron chi connectivity index (χ2n) is 3.63. The van der Waals surface area contributed by atoms with E-state index >= 15 is 0 Å². The minimum atomic E-state index is -0.580. The maximum absolute atomic E-state index is 11.8. The summed E-state index contributed by atoms with van der Waals surface area (Å²) in [6, 6.07) is 4.94. The van der Waals surface area contributed by atoms with E-state index in [0.717, 1.165) is 0 Å². The van der Waals surface area contributed by atoms with Crippen LogP contribution in [-0.2, 0) is 0 Å². The molecule has 1 aromatic carbocycles. The quantitative estimate of drug-likeness (QED) is 0.798. The first kappa shape index (κ1) is 13.3. The molecule has 94 valence electrons. The van der Waals surface area contributed by atoms with Crippen molar-refractivity contribution in [1.29, 1.82) is 0 Å². The molecule has 0 aliphatic carbocycles. The van der Waals surface area contributed by atoms with Crippen LogP contribution in [0.3, 0.4) is 0 Å². The number of benzene rings is 1. The van der Waals surface area contributed by atoms with Crippen molar-refractivity contribution in [3.05, 3.63) is 23.8 Å². The minimum Gasteiger partial charge on any atom is -0.497 e. The van der Waals surface area contributed by atoms with Gasteiger partial charge in [0.05, 0.1) is 25.9 Å². The highest BCUT2D eigenvalue weighted by molar-refractivity contribution is 5.97. The van der Waals surface area contributed by atoms with Crippen LogP contribution in [0.15, 0.2) is 18.2 Å². The fourth-order valence-corrected chi connectivity index (χ4v) is 1.32. The van der Waals surface area contributed by atoms with Crippen molar-refractivity contribution in [2.24, 2.45) is 0 Å². The van der Waals surface area contributed by atoms with Gasteiger partial charge in [0, 0.05) is 12.6 Å². The first-order valence-corrected chi connectivity index (χ1v) is 5.26. The molecular weight excluding hydrogens is 222 g/mol. The van der Waals surface area contributed by atoms with Crippen LogP contribution in [0.25, 0.3) is 0 Å². The van der Waals surface area contributed by atoms with Crippen LogP contribution in [0.2, 0.25) is 0 Å². The highest BCUT2D eigenvalue weighted by Gasteiger charge is 2.13. The van der Waals surface area contributed by atoms with Gasteiger partial charge in [-0.2, -0.15) is 0 Å². The molecule has 0 spiro atoms. The summed E-state index contributed by atoms with van der Waals surface area (Å²) >= 11 is 0. The lowest BCUT2D eigenvalue weighted by molar-refractivity contribution is 0.0921. The Balaban J connectivity index is 2.85. The van der Waals surface area contributed by atoms with Crippen molar-refractivity contribution in [2.75, 3.05) is 20.8 Å². The molecule has 0 unspecified atom stereocenters. The molecule has 5 nitrogen and oxygen atoms in total. The van der Waals surface area contributed by atoms with Gasteiger partial charge < -0.3 is 19.9 Å². The highest BCUT2D eigenvalue weighted by atomic mass is 16.5. The summed E-state index contributed by atoms with van der Waals surface area (Å²) in [5.41, 5.74) is 0.411. The fraction of sp³-hybridized carbons (Fsp3) is 0.417. The highest BCUT2D eigenvalue weighted by Crippen LogP contribution is 2.24. The maximum Gasteiger partial charge on any atom is 0.255 e. The molecule has 1 atom stereocenters. The van der Waals surface area contributed by atoms with Gasteiger partial charge in [0.2, 0.25) is 0 Å². The number of amides is 1. The summed E-state index contributed by atoms with van der Waals surface area (Å²) in [6.45, 7) is 1.81. The van der Waals surface area contributed by atoms with Gasteiger partial charge in [-0.25, -0.2) is 0 Å². The topological polar surface area (TPSA) is 67.8 Å². The Morgan fingerprint density at radius 3 is 2.65 bits per heavy atom. The van der Waals surface area contributed by atoms with Crippen LogP contribution < -0.4 is 14.8 Å². The molecule has 5 heteroatoms. The Hall–Kier alpha value is -1.75. The summed E-state index contributed by atoms with van der Waals surface area (Å²) in [5, 5.41) is 11.7. The number of ether oxygens (including phenoxy) is 2. The molecule has 0 radical (unpaired) electrons. The molecule has 0 aromatic heterocycles. The van der Waals surface area contributed by atoms with Crippen LogP contribution in [0.5, 0.6) is 11.5 Å². The monoisotopic (exact) mass is 239 g/mol. The summed E-state index contributed by atoms with van der Waals surface area (Å²) in [4.78, 5) is 11.8. The van der Waals surface area contributed by atoms with E-state index in [4.69, 9.17) is 14.6 Å². The molecule has 17 heavy (non-hydrogen) atoms. The molecule has 2 N–H and O–H groups in total. The van der Waals surface area contributed by atoms with Crippen LogP contribution in [0, 0.1) is 0 Å². The Morgan fingerprint density at radius 2 is 2.12 bits per heavy atom. The number of methoxy groups -OCH3 is 2. The zero-order valence-electron chi connectivity index (χ0n) is 10.2. The van der Waals surface area contributed by atoms with E-state index in [-0.39, 0.29) is 12.5 Å². The third-order valence-electron chi connectivity index (χ3n) is 2.21. The largest absolute Gasteiger partial charge is 0.497 e. The average molecular weight is 239 g/mol. The van der Waals surface area contributed by atoms with E-state index in [1.54, 1.807) is 32.2 Å². The standard InChI is InChI=1S/C12H17NO4/c1-8(14)7-13-12(15)10-5-4-9(16-2)6-11(10)17-3/h4-6,8,14H,7H2,1-3H3,(H,13,15)/t8-/m1/s1. The zero-order chi connectivity index (χ0) is 12.8. The Bertz CT molecular complexity index is 390. The third kappa shape index (κ3) is 3.64. The van der Waals surface area contributed by atoms with E-state index < -0.39 is 6.10 Å². The normalized spacial score (nSPS) is 11.8. The molecule has 1 aromatic rings. The number of hydrogen-bond acceptors (Lipinski definition) is 4. The molecule has 1 rings (SSSR count). The predicted molar refractivity (Wildman–Crippen MR) is 63.6 cm³/mol. The summed E-state index contributed by atoms with van der Waals surface area (Å²) in [7, 11) is 3.03. The molecular formula is C12H17NO4. The lowest BCUT2D eigenvalue weighted by Gasteiger charge is -2.11. The van der Waals surface area contributed by atoms with E-state index in [1.807, 2.05) is 0 Å². The van der Waals surface area contributed by atoms with Crippen molar-refractivity contribution < 1.29 is 19.4 Å². The molecule has 0 fully saturated rings. The molecule has 0 heterocycles. The van der Waals surface area contributed by atoms with Gasteiger partial charge >= 0.3 is 0 Å². The van der Waals surface area contributed by atoms with Gasteiger partial charge in [-0.15, -0.1) is 0 Å². The van der Waals surface area contributed by atoms with Gasteiger partial charge in [-0.3, -0.25) is 4.79 Å². The maximum atomic E-state index is 11.8. The summed E-state index contributed by atoms with van der Waals surface area (Å²) in [6.07, 6.45) is -0.580. The van der Waals surface area contributed by atoms with Crippen molar-refractivity contribution in [1.82, 2.24) is 5.32 Å². The number of carbonyl (C=O) groups is 1. The third-order valence-corrected chi connectivity index (χ3v) is 2.21. The molecule has 0 saturated heterocycles. The first-order valence-electron chi connectivity index (χ1n) is 5.26. The number of nitrogens with one attached hydrogen (secondary N) is 1. The SMILES string of the molecule is COc1ccc(C(=O)NC[C@@H](C)O)c(OC)c1. The Labute approximate surface area is 100 Å². The van der Waals surface area contributed by atoms with Crippen LogP contribution in [0.1, 0.15) is 17.3 Å². The van der Waals surface area contributed by atoms with Gasteiger partial charge in [0.25, 0.3) is 5.91 Å². The lowest BCUT2D eigenvalue weighted by atomic mass is 10.1.